The van der Waals surface area contributed by atoms with Crippen molar-refractivity contribution in [3.8, 4) is 27.2 Å². The first-order valence-electron chi connectivity index (χ1n) is 8.39. The molecule has 0 aliphatic carbocycles. The molecule has 0 unspecified atom stereocenters. The van der Waals surface area contributed by atoms with Crippen molar-refractivity contribution in [2.45, 2.75) is 13.5 Å². The lowest BCUT2D eigenvalue weighted by Crippen LogP contribution is -1.99. The number of halogens is 1. The number of hydrogen-bond acceptors (Lipinski definition) is 4. The van der Waals surface area contributed by atoms with Gasteiger partial charge in [-0.3, -0.25) is 4.68 Å². The van der Waals surface area contributed by atoms with Gasteiger partial charge in [-0.15, -0.1) is 11.3 Å². The number of thiazole rings is 1. The van der Waals surface area contributed by atoms with Gasteiger partial charge in [-0.2, -0.15) is 10.4 Å². The number of aryl methyl sites for hydroxylation is 1. The molecule has 27 heavy (non-hydrogen) atoms. The maximum Gasteiger partial charge on any atom is 0.124 e. The van der Waals surface area contributed by atoms with E-state index in [4.69, 9.17) is 11.6 Å². The summed E-state index contributed by atoms with van der Waals surface area (Å²) >= 11 is 7.51. The summed E-state index contributed by atoms with van der Waals surface area (Å²) in [4.78, 5) is 5.59. The molecule has 2 heterocycles. The minimum atomic E-state index is 0.556. The first-order chi connectivity index (χ1) is 13.1. The first-order valence-corrected chi connectivity index (χ1v) is 9.58. The molecule has 0 bridgehead atoms. The lowest BCUT2D eigenvalue weighted by molar-refractivity contribution is 0.689. The Kier molecular flexibility index (Phi) is 4.76. The molecule has 2 aromatic carbocycles. The third kappa shape index (κ3) is 3.63. The fourth-order valence-corrected chi connectivity index (χ4v) is 4.05. The van der Waals surface area contributed by atoms with E-state index in [1.807, 2.05) is 66.2 Å². The van der Waals surface area contributed by atoms with Gasteiger partial charge in [0.05, 0.1) is 22.7 Å². The van der Waals surface area contributed by atoms with E-state index in [1.165, 1.54) is 11.3 Å². The molecule has 2 aromatic heterocycles. The molecule has 4 rings (SSSR count). The quantitative estimate of drug-likeness (QED) is 0.458. The van der Waals surface area contributed by atoms with Crippen molar-refractivity contribution in [3.63, 3.8) is 0 Å². The van der Waals surface area contributed by atoms with Crippen LogP contribution < -0.4 is 0 Å². The molecule has 0 saturated carbocycles. The minimum absolute atomic E-state index is 0.556. The van der Waals surface area contributed by atoms with E-state index >= 15 is 0 Å². The number of benzene rings is 2. The maximum absolute atomic E-state index is 9.57. The van der Waals surface area contributed by atoms with Crippen LogP contribution >= 0.6 is 22.9 Å². The normalized spacial score (nSPS) is 10.7. The topological polar surface area (TPSA) is 54.5 Å². The maximum atomic E-state index is 9.57. The number of aromatic nitrogens is 3. The van der Waals surface area contributed by atoms with Crippen molar-refractivity contribution >= 4 is 22.9 Å². The van der Waals surface area contributed by atoms with Gasteiger partial charge >= 0.3 is 0 Å². The molecule has 0 fully saturated rings. The van der Waals surface area contributed by atoms with Gasteiger partial charge in [-0.1, -0.05) is 54.1 Å². The van der Waals surface area contributed by atoms with Gasteiger partial charge < -0.3 is 0 Å². The predicted molar refractivity (Wildman–Crippen MR) is 109 cm³/mol. The van der Waals surface area contributed by atoms with Crippen LogP contribution in [0, 0.1) is 18.3 Å². The summed E-state index contributed by atoms with van der Waals surface area (Å²) in [5, 5.41) is 15.8. The van der Waals surface area contributed by atoms with Gasteiger partial charge in [0.15, 0.2) is 0 Å². The highest BCUT2D eigenvalue weighted by Crippen LogP contribution is 2.36. The molecule has 0 saturated heterocycles. The second-order valence-corrected chi connectivity index (χ2v) is 7.56. The van der Waals surface area contributed by atoms with Crippen LogP contribution in [0.4, 0.5) is 0 Å². The predicted octanol–water partition coefficient (Wildman–Crippen LogP) is 5.56. The van der Waals surface area contributed by atoms with Gasteiger partial charge in [0.1, 0.15) is 16.8 Å². The van der Waals surface area contributed by atoms with Crippen LogP contribution in [-0.4, -0.2) is 14.8 Å². The summed E-state index contributed by atoms with van der Waals surface area (Å²) in [6, 6.07) is 19.9. The van der Waals surface area contributed by atoms with Gasteiger partial charge in [-0.25, -0.2) is 4.98 Å². The van der Waals surface area contributed by atoms with Crippen LogP contribution in [0.5, 0.6) is 0 Å². The van der Waals surface area contributed by atoms with Crippen molar-refractivity contribution in [1.82, 2.24) is 14.8 Å². The van der Waals surface area contributed by atoms with Gasteiger partial charge in [0, 0.05) is 16.8 Å². The Labute approximate surface area is 166 Å². The van der Waals surface area contributed by atoms with Gasteiger partial charge in [-0.05, 0) is 24.6 Å². The van der Waals surface area contributed by atoms with Crippen LogP contribution in [-0.2, 0) is 6.54 Å². The molecule has 0 amide bonds. The molecule has 0 radical (unpaired) electrons. The number of rotatable bonds is 4. The number of hydrogen-bond donors (Lipinski definition) is 0. The summed E-state index contributed by atoms with van der Waals surface area (Å²) < 4.78 is 1.81. The molecule has 0 aliphatic heterocycles. The van der Waals surface area contributed by atoms with E-state index in [-0.39, 0.29) is 0 Å². The highest BCUT2D eigenvalue weighted by Gasteiger charge is 2.18. The Hall–Kier alpha value is -2.94. The molecule has 0 aliphatic rings. The molecule has 6 heteroatoms. The lowest BCUT2D eigenvalue weighted by atomic mass is 10.2. The second kappa shape index (κ2) is 7.36. The summed E-state index contributed by atoms with van der Waals surface area (Å²) in [5.74, 6) is 0. The van der Waals surface area contributed by atoms with E-state index < -0.39 is 0 Å². The third-order valence-electron chi connectivity index (χ3n) is 4.17. The fourth-order valence-electron chi connectivity index (χ4n) is 2.85. The summed E-state index contributed by atoms with van der Waals surface area (Å²) in [6.07, 6.45) is 1.80. The van der Waals surface area contributed by atoms with Crippen LogP contribution in [0.25, 0.3) is 21.1 Å². The Balaban J connectivity index is 1.71. The standard InChI is InChI=1S/C21H15ClN4S/c1-14-20(27-21(24-14)16-7-9-18(22)10-8-16)19-17(11-23)13-26(25-19)12-15-5-3-2-4-6-15/h2-10,13H,12H2,1H3. The van der Waals surface area contributed by atoms with Crippen LogP contribution in [0.15, 0.2) is 60.8 Å². The fraction of sp³-hybridized carbons (Fsp3) is 0.0952. The Bertz CT molecular complexity index is 1120. The zero-order chi connectivity index (χ0) is 18.8. The van der Waals surface area contributed by atoms with Gasteiger partial charge in [0.2, 0.25) is 0 Å². The zero-order valence-electron chi connectivity index (χ0n) is 14.6. The van der Waals surface area contributed by atoms with E-state index in [9.17, 15) is 5.26 Å². The number of nitriles is 1. The van der Waals surface area contributed by atoms with E-state index in [0.29, 0.717) is 22.8 Å². The van der Waals surface area contributed by atoms with Crippen molar-refractivity contribution in [3.05, 3.63) is 82.6 Å². The molecular weight excluding hydrogens is 376 g/mol. The second-order valence-electron chi connectivity index (χ2n) is 6.13. The molecule has 4 nitrogen and oxygen atoms in total. The van der Waals surface area contributed by atoms with E-state index in [0.717, 1.165) is 26.7 Å². The van der Waals surface area contributed by atoms with Crippen molar-refractivity contribution in [1.29, 1.82) is 5.26 Å². The molecule has 0 atom stereocenters. The average molecular weight is 391 g/mol. The monoisotopic (exact) mass is 390 g/mol. The molecular formula is C21H15ClN4S. The zero-order valence-corrected chi connectivity index (χ0v) is 16.1. The Morgan fingerprint density at radius 3 is 2.56 bits per heavy atom. The first kappa shape index (κ1) is 17.5. The van der Waals surface area contributed by atoms with Crippen molar-refractivity contribution < 1.29 is 0 Å². The highest BCUT2D eigenvalue weighted by atomic mass is 35.5. The molecule has 132 valence electrons. The molecule has 0 spiro atoms. The largest absolute Gasteiger partial charge is 0.266 e. The average Bonchev–Trinajstić information content (AvgIpc) is 3.26. The summed E-state index contributed by atoms with van der Waals surface area (Å²) in [5.41, 5.74) is 4.25. The lowest BCUT2D eigenvalue weighted by Gasteiger charge is -2.00. The molecule has 4 aromatic rings. The summed E-state index contributed by atoms with van der Waals surface area (Å²) in [6.45, 7) is 2.57. The minimum Gasteiger partial charge on any atom is -0.266 e. The SMILES string of the molecule is Cc1nc(-c2ccc(Cl)cc2)sc1-c1nn(Cc2ccccc2)cc1C#N. The van der Waals surface area contributed by atoms with Crippen molar-refractivity contribution in [2.75, 3.05) is 0 Å². The third-order valence-corrected chi connectivity index (χ3v) is 5.64. The van der Waals surface area contributed by atoms with Gasteiger partial charge in [0.25, 0.3) is 0 Å². The number of nitrogens with zero attached hydrogens (tertiary/aromatic N) is 4. The van der Waals surface area contributed by atoms with Crippen molar-refractivity contribution in [2.24, 2.45) is 0 Å². The Morgan fingerprint density at radius 1 is 1.11 bits per heavy atom. The van der Waals surface area contributed by atoms with Crippen LogP contribution in [0.3, 0.4) is 0 Å². The van der Waals surface area contributed by atoms with E-state index in [1.54, 1.807) is 6.20 Å². The molecule has 0 N–H and O–H groups in total. The van der Waals surface area contributed by atoms with Crippen LogP contribution in [0.1, 0.15) is 16.8 Å². The van der Waals surface area contributed by atoms with Crippen LogP contribution in [0.2, 0.25) is 5.02 Å². The summed E-state index contributed by atoms with van der Waals surface area (Å²) in [7, 11) is 0. The Morgan fingerprint density at radius 2 is 1.85 bits per heavy atom. The smallest absolute Gasteiger partial charge is 0.124 e. The highest BCUT2D eigenvalue weighted by molar-refractivity contribution is 7.18. The van der Waals surface area contributed by atoms with E-state index in [2.05, 4.69) is 16.2 Å².